The minimum absolute atomic E-state index is 0.132. The lowest BCUT2D eigenvalue weighted by atomic mass is 10.1. The molecule has 0 aliphatic carbocycles. The zero-order valence-corrected chi connectivity index (χ0v) is 16.3. The summed E-state index contributed by atoms with van der Waals surface area (Å²) >= 11 is 0. The summed E-state index contributed by atoms with van der Waals surface area (Å²) in [6.45, 7) is 5.31. The molecule has 0 saturated carbocycles. The number of fused-ring (bicyclic) bond motifs is 1. The molecule has 0 radical (unpaired) electrons. The van der Waals surface area contributed by atoms with Gasteiger partial charge in [0, 0.05) is 12.1 Å². The van der Waals surface area contributed by atoms with Gasteiger partial charge < -0.3 is 15.0 Å². The smallest absolute Gasteiger partial charge is 0.322 e. The Balaban J connectivity index is 1.57. The number of ether oxygens (including phenoxy) is 1. The van der Waals surface area contributed by atoms with E-state index in [-0.39, 0.29) is 11.9 Å². The van der Waals surface area contributed by atoms with Crippen LogP contribution in [0.25, 0.3) is 5.69 Å². The highest BCUT2D eigenvalue weighted by Crippen LogP contribution is 2.32. The Labute approximate surface area is 164 Å². The molecule has 1 aromatic heterocycles. The number of hydrogen-bond acceptors (Lipinski definition) is 3. The normalized spacial score (nSPS) is 12.9. The van der Waals surface area contributed by atoms with Crippen molar-refractivity contribution in [3.05, 3.63) is 71.5 Å². The molecule has 3 aromatic rings. The Morgan fingerprint density at radius 2 is 1.89 bits per heavy atom. The number of aromatic nitrogens is 2. The number of rotatable bonds is 4. The van der Waals surface area contributed by atoms with Gasteiger partial charge in [0.15, 0.2) is 0 Å². The Hall–Kier alpha value is -3.28. The maximum absolute atomic E-state index is 12.9. The Morgan fingerprint density at radius 3 is 2.61 bits per heavy atom. The van der Waals surface area contributed by atoms with Gasteiger partial charge in [-0.2, -0.15) is 5.10 Å². The van der Waals surface area contributed by atoms with Crippen molar-refractivity contribution in [1.29, 1.82) is 0 Å². The number of amides is 2. The van der Waals surface area contributed by atoms with Gasteiger partial charge in [-0.05, 0) is 29.7 Å². The van der Waals surface area contributed by atoms with Crippen LogP contribution in [-0.4, -0.2) is 27.8 Å². The largest absolute Gasteiger partial charge is 0.496 e. The molecule has 1 N–H and O–H groups in total. The van der Waals surface area contributed by atoms with Gasteiger partial charge in [0.2, 0.25) is 0 Å². The lowest BCUT2D eigenvalue weighted by molar-refractivity contribution is 0.212. The van der Waals surface area contributed by atoms with E-state index in [1.54, 1.807) is 18.2 Å². The molecule has 2 amide bonds. The number of nitrogens with one attached hydrogen (secondary N) is 1. The molecular formula is C22H24N4O2. The van der Waals surface area contributed by atoms with Crippen LogP contribution in [-0.2, 0) is 13.1 Å². The molecule has 4 rings (SSSR count). The van der Waals surface area contributed by atoms with Gasteiger partial charge in [0.1, 0.15) is 5.75 Å². The van der Waals surface area contributed by atoms with E-state index < -0.39 is 0 Å². The zero-order chi connectivity index (χ0) is 19.7. The van der Waals surface area contributed by atoms with Gasteiger partial charge in [0.25, 0.3) is 0 Å². The average Bonchev–Trinajstić information content (AvgIpc) is 3.32. The summed E-state index contributed by atoms with van der Waals surface area (Å²) in [4.78, 5) is 14.7. The van der Waals surface area contributed by atoms with E-state index in [0.29, 0.717) is 13.1 Å². The number of carbonyl (C=O) groups is 1. The van der Waals surface area contributed by atoms with Gasteiger partial charge in [0.05, 0.1) is 36.9 Å². The first-order valence-corrected chi connectivity index (χ1v) is 9.42. The van der Waals surface area contributed by atoms with Gasteiger partial charge in [-0.25, -0.2) is 9.48 Å². The second-order valence-corrected chi connectivity index (χ2v) is 7.23. The van der Waals surface area contributed by atoms with Crippen molar-refractivity contribution in [3.63, 3.8) is 0 Å². The molecule has 0 bridgehead atoms. The van der Waals surface area contributed by atoms with E-state index >= 15 is 0 Å². The summed E-state index contributed by atoms with van der Waals surface area (Å²) in [5, 5.41) is 7.58. The molecule has 144 valence electrons. The molecule has 2 aromatic carbocycles. The fraction of sp³-hybridized carbons (Fsp3) is 0.273. The molecule has 6 heteroatoms. The first kappa shape index (κ1) is 18.1. The van der Waals surface area contributed by atoms with Crippen molar-refractivity contribution in [1.82, 2.24) is 14.7 Å². The highest BCUT2D eigenvalue weighted by atomic mass is 16.5. The third-order valence-corrected chi connectivity index (χ3v) is 5.04. The molecule has 0 spiro atoms. The molecule has 0 unspecified atom stereocenters. The van der Waals surface area contributed by atoms with Gasteiger partial charge in [-0.1, -0.05) is 44.2 Å². The molecular weight excluding hydrogens is 352 g/mol. The van der Waals surface area contributed by atoms with Crippen LogP contribution in [0, 0.1) is 0 Å². The number of carbonyl (C=O) groups excluding carboxylic acids is 1. The fourth-order valence-electron chi connectivity index (χ4n) is 3.70. The van der Waals surface area contributed by atoms with Crippen molar-refractivity contribution in [2.75, 3.05) is 12.4 Å². The standard InChI is InChI=1S/C22H24N4O2/c1-15(2)21-19(12-23-26(21)17-9-5-4-6-10-17)24-22(27)25-13-16-8-7-11-20(28-3)18(16)14-25/h4-12,15H,13-14H2,1-3H3,(H,24,27). The number of methoxy groups -OCH3 is 1. The van der Waals surface area contributed by atoms with Crippen LogP contribution in [0.1, 0.15) is 36.6 Å². The first-order valence-electron chi connectivity index (χ1n) is 9.42. The third kappa shape index (κ3) is 3.22. The van der Waals surface area contributed by atoms with Crippen molar-refractivity contribution in [2.24, 2.45) is 0 Å². The first-order chi connectivity index (χ1) is 13.6. The molecule has 1 aliphatic rings. The van der Waals surface area contributed by atoms with Crippen molar-refractivity contribution in [3.8, 4) is 11.4 Å². The van der Waals surface area contributed by atoms with E-state index in [2.05, 4.69) is 24.3 Å². The maximum Gasteiger partial charge on any atom is 0.322 e. The number of benzene rings is 2. The van der Waals surface area contributed by atoms with E-state index in [0.717, 1.165) is 33.9 Å². The highest BCUT2D eigenvalue weighted by Gasteiger charge is 2.27. The summed E-state index contributed by atoms with van der Waals surface area (Å²) < 4.78 is 7.33. The summed E-state index contributed by atoms with van der Waals surface area (Å²) in [5.41, 5.74) is 4.90. The van der Waals surface area contributed by atoms with Crippen LogP contribution < -0.4 is 10.1 Å². The number of para-hydroxylation sites is 1. The lowest BCUT2D eigenvalue weighted by Gasteiger charge is -2.18. The summed E-state index contributed by atoms with van der Waals surface area (Å²) in [6.07, 6.45) is 1.73. The molecule has 1 aliphatic heterocycles. The topological polar surface area (TPSA) is 59.4 Å². The minimum atomic E-state index is -0.132. The van der Waals surface area contributed by atoms with Crippen LogP contribution >= 0.6 is 0 Å². The van der Waals surface area contributed by atoms with Crippen LogP contribution in [0.4, 0.5) is 10.5 Å². The van der Waals surface area contributed by atoms with Crippen molar-refractivity contribution in [2.45, 2.75) is 32.9 Å². The van der Waals surface area contributed by atoms with Crippen molar-refractivity contribution < 1.29 is 9.53 Å². The number of anilines is 1. The quantitative estimate of drug-likeness (QED) is 0.727. The van der Waals surface area contributed by atoms with Gasteiger partial charge in [-0.15, -0.1) is 0 Å². The van der Waals surface area contributed by atoms with E-state index in [1.165, 1.54) is 0 Å². The van der Waals surface area contributed by atoms with Crippen LogP contribution in [0.2, 0.25) is 0 Å². The summed E-state index contributed by atoms with van der Waals surface area (Å²) in [5.74, 6) is 1.03. The Kier molecular flexibility index (Phi) is 4.77. The number of nitrogens with zero attached hydrogens (tertiary/aromatic N) is 3. The maximum atomic E-state index is 12.9. The Morgan fingerprint density at radius 1 is 1.11 bits per heavy atom. The van der Waals surface area contributed by atoms with Gasteiger partial charge in [-0.3, -0.25) is 0 Å². The van der Waals surface area contributed by atoms with Crippen molar-refractivity contribution >= 4 is 11.7 Å². The monoisotopic (exact) mass is 376 g/mol. The van der Waals surface area contributed by atoms with Crippen LogP contribution in [0.15, 0.2) is 54.7 Å². The average molecular weight is 376 g/mol. The molecule has 28 heavy (non-hydrogen) atoms. The predicted molar refractivity (Wildman–Crippen MR) is 109 cm³/mol. The van der Waals surface area contributed by atoms with E-state index in [9.17, 15) is 4.79 Å². The van der Waals surface area contributed by atoms with E-state index in [1.807, 2.05) is 53.2 Å². The zero-order valence-electron chi connectivity index (χ0n) is 16.3. The fourth-order valence-corrected chi connectivity index (χ4v) is 3.70. The number of hydrogen-bond donors (Lipinski definition) is 1. The molecule has 6 nitrogen and oxygen atoms in total. The molecule has 0 fully saturated rings. The van der Waals surface area contributed by atoms with Crippen LogP contribution in [0.3, 0.4) is 0 Å². The van der Waals surface area contributed by atoms with Crippen LogP contribution in [0.5, 0.6) is 5.75 Å². The SMILES string of the molecule is COc1cccc2c1CN(C(=O)Nc1cnn(-c3ccccc3)c1C(C)C)C2. The molecule has 2 heterocycles. The second kappa shape index (κ2) is 7.38. The summed E-state index contributed by atoms with van der Waals surface area (Å²) in [7, 11) is 1.66. The highest BCUT2D eigenvalue weighted by molar-refractivity contribution is 5.90. The number of urea groups is 1. The third-order valence-electron chi connectivity index (χ3n) is 5.04. The predicted octanol–water partition coefficient (Wildman–Crippen LogP) is 4.55. The second-order valence-electron chi connectivity index (χ2n) is 7.23. The Bertz CT molecular complexity index is 995. The lowest BCUT2D eigenvalue weighted by Crippen LogP contribution is -2.30. The molecule has 0 atom stereocenters. The van der Waals surface area contributed by atoms with E-state index in [4.69, 9.17) is 4.74 Å². The molecule has 0 saturated heterocycles. The summed E-state index contributed by atoms with van der Waals surface area (Å²) in [6, 6.07) is 15.8. The minimum Gasteiger partial charge on any atom is -0.496 e. The van der Waals surface area contributed by atoms with Gasteiger partial charge >= 0.3 is 6.03 Å².